The van der Waals surface area contributed by atoms with Crippen molar-refractivity contribution in [1.82, 2.24) is 14.9 Å². The largest absolute Gasteiger partial charge is 0.289 e. The van der Waals surface area contributed by atoms with Gasteiger partial charge in [0.05, 0.1) is 6.54 Å². The summed E-state index contributed by atoms with van der Waals surface area (Å²) in [6.07, 6.45) is 1.12. The van der Waals surface area contributed by atoms with Crippen molar-refractivity contribution in [3.63, 3.8) is 0 Å². The number of nitrogens with zero attached hydrogens (tertiary/aromatic N) is 3. The van der Waals surface area contributed by atoms with E-state index < -0.39 is 0 Å². The zero-order valence-corrected chi connectivity index (χ0v) is 13.9. The summed E-state index contributed by atoms with van der Waals surface area (Å²) >= 11 is 9.74. The molecule has 3 aromatic heterocycles. The van der Waals surface area contributed by atoms with Crippen LogP contribution in [0.3, 0.4) is 0 Å². The van der Waals surface area contributed by atoms with Crippen LogP contribution in [0.15, 0.2) is 22.9 Å². The smallest absolute Gasteiger partial charge is 0.145 e. The van der Waals surface area contributed by atoms with Crippen LogP contribution in [-0.2, 0) is 13.0 Å². The van der Waals surface area contributed by atoms with E-state index in [-0.39, 0.29) is 0 Å². The van der Waals surface area contributed by atoms with Gasteiger partial charge in [-0.15, -0.1) is 22.7 Å². The van der Waals surface area contributed by atoms with Gasteiger partial charge >= 0.3 is 0 Å². The lowest BCUT2D eigenvalue weighted by atomic mass is 10.0. The van der Waals surface area contributed by atoms with Gasteiger partial charge in [0.15, 0.2) is 0 Å². The topological polar surface area (TPSA) is 29.0 Å². The van der Waals surface area contributed by atoms with E-state index in [9.17, 15) is 0 Å². The van der Waals surface area contributed by atoms with Crippen LogP contribution < -0.4 is 0 Å². The van der Waals surface area contributed by atoms with E-state index in [1.807, 2.05) is 22.8 Å². The molecule has 3 aromatic rings. The Labute approximate surface area is 136 Å². The molecule has 0 radical (unpaired) electrons. The predicted octanol–water partition coefficient (Wildman–Crippen LogP) is 4.53. The molecule has 1 atom stereocenters. The van der Waals surface area contributed by atoms with E-state index in [2.05, 4.69) is 33.2 Å². The molecule has 0 saturated carbocycles. The Morgan fingerprint density at radius 3 is 3.05 bits per heavy atom. The van der Waals surface area contributed by atoms with Gasteiger partial charge < -0.3 is 0 Å². The van der Waals surface area contributed by atoms with Crippen LogP contribution in [-0.4, -0.2) is 21.4 Å². The fourth-order valence-electron chi connectivity index (χ4n) is 2.89. The van der Waals surface area contributed by atoms with Crippen molar-refractivity contribution in [2.45, 2.75) is 25.9 Å². The monoisotopic (exact) mass is 335 g/mol. The van der Waals surface area contributed by atoms with Crippen LogP contribution in [0.5, 0.6) is 0 Å². The molecule has 0 amide bonds. The normalized spacial score (nSPS) is 19.0. The number of halogens is 1. The number of hydrogen-bond donors (Lipinski definition) is 0. The Bertz CT molecular complexity index is 795. The van der Waals surface area contributed by atoms with E-state index in [4.69, 9.17) is 11.6 Å². The highest BCUT2D eigenvalue weighted by Gasteiger charge is 2.25. The average Bonchev–Trinajstić information content (AvgIpc) is 3.10. The van der Waals surface area contributed by atoms with Crippen molar-refractivity contribution in [3.05, 3.63) is 44.3 Å². The number of rotatable bonds is 2. The standard InChI is InChI=1S/C15H14ClN3S2/c1-9-10-3-6-20-12(10)2-5-19(9)8-13-17-14(16)11-4-7-21-15(11)18-13/h3-4,6-7,9H,2,5,8H2,1H3. The molecule has 1 aliphatic heterocycles. The number of thiophene rings is 2. The second-order valence-corrected chi connectivity index (χ2v) is 7.52. The maximum absolute atomic E-state index is 6.26. The summed E-state index contributed by atoms with van der Waals surface area (Å²) in [5.74, 6) is 0.820. The van der Waals surface area contributed by atoms with E-state index >= 15 is 0 Å². The molecule has 0 bridgehead atoms. The Hall–Kier alpha value is -1.01. The van der Waals surface area contributed by atoms with Gasteiger partial charge in [0.25, 0.3) is 0 Å². The van der Waals surface area contributed by atoms with Gasteiger partial charge in [-0.1, -0.05) is 11.6 Å². The van der Waals surface area contributed by atoms with E-state index in [1.54, 1.807) is 11.3 Å². The Morgan fingerprint density at radius 2 is 2.14 bits per heavy atom. The van der Waals surface area contributed by atoms with Gasteiger partial charge in [0, 0.05) is 22.8 Å². The van der Waals surface area contributed by atoms with Crippen molar-refractivity contribution >= 4 is 44.5 Å². The molecule has 1 aliphatic rings. The van der Waals surface area contributed by atoms with Crippen molar-refractivity contribution in [1.29, 1.82) is 0 Å². The van der Waals surface area contributed by atoms with Crippen molar-refractivity contribution in [2.75, 3.05) is 6.54 Å². The molecule has 0 N–H and O–H groups in total. The third kappa shape index (κ3) is 2.38. The van der Waals surface area contributed by atoms with Gasteiger partial charge in [-0.05, 0) is 41.8 Å². The molecule has 0 aliphatic carbocycles. The average molecular weight is 336 g/mol. The van der Waals surface area contributed by atoms with Crippen molar-refractivity contribution < 1.29 is 0 Å². The maximum Gasteiger partial charge on any atom is 0.145 e. The van der Waals surface area contributed by atoms with Gasteiger partial charge in [0.1, 0.15) is 15.8 Å². The predicted molar refractivity (Wildman–Crippen MR) is 89.3 cm³/mol. The van der Waals surface area contributed by atoms with Crippen LogP contribution in [0.4, 0.5) is 0 Å². The first-order valence-corrected chi connectivity index (χ1v) is 9.06. The second-order valence-electron chi connectivity index (χ2n) is 5.27. The van der Waals surface area contributed by atoms with Crippen molar-refractivity contribution in [2.24, 2.45) is 0 Å². The van der Waals surface area contributed by atoms with E-state index in [1.165, 1.54) is 10.4 Å². The highest BCUT2D eigenvalue weighted by Crippen LogP contribution is 2.34. The molecule has 0 spiro atoms. The molecule has 21 heavy (non-hydrogen) atoms. The molecule has 3 nitrogen and oxygen atoms in total. The van der Waals surface area contributed by atoms with Gasteiger partial charge in [-0.25, -0.2) is 9.97 Å². The minimum absolute atomic E-state index is 0.418. The third-order valence-electron chi connectivity index (χ3n) is 4.07. The van der Waals surface area contributed by atoms with E-state index in [0.29, 0.717) is 11.2 Å². The van der Waals surface area contributed by atoms with Crippen LogP contribution >= 0.6 is 34.3 Å². The molecule has 4 heterocycles. The second kappa shape index (κ2) is 5.32. The molecule has 108 valence electrons. The first kappa shape index (κ1) is 13.6. The van der Waals surface area contributed by atoms with Gasteiger partial charge in [-0.3, -0.25) is 4.90 Å². The lowest BCUT2D eigenvalue weighted by molar-refractivity contribution is 0.187. The Kier molecular flexibility index (Phi) is 3.46. The van der Waals surface area contributed by atoms with Crippen molar-refractivity contribution in [3.8, 4) is 0 Å². The van der Waals surface area contributed by atoms with E-state index in [0.717, 1.165) is 35.6 Å². The summed E-state index contributed by atoms with van der Waals surface area (Å²) in [5.41, 5.74) is 1.45. The summed E-state index contributed by atoms with van der Waals surface area (Å²) in [5, 5.41) is 5.72. The summed E-state index contributed by atoms with van der Waals surface area (Å²) in [4.78, 5) is 14.0. The summed E-state index contributed by atoms with van der Waals surface area (Å²) in [7, 11) is 0. The van der Waals surface area contributed by atoms with Crippen LogP contribution in [0.1, 0.15) is 29.2 Å². The highest BCUT2D eigenvalue weighted by atomic mass is 35.5. The minimum atomic E-state index is 0.418. The highest BCUT2D eigenvalue weighted by molar-refractivity contribution is 7.16. The van der Waals surface area contributed by atoms with Crippen LogP contribution in [0, 0.1) is 0 Å². The molecule has 0 saturated heterocycles. The number of aromatic nitrogens is 2. The van der Waals surface area contributed by atoms with Crippen LogP contribution in [0.2, 0.25) is 5.15 Å². The molecule has 4 rings (SSSR count). The number of hydrogen-bond acceptors (Lipinski definition) is 5. The Balaban J connectivity index is 1.63. The molecule has 1 unspecified atom stereocenters. The zero-order valence-electron chi connectivity index (χ0n) is 11.5. The SMILES string of the molecule is CC1c2ccsc2CCN1Cc1nc(Cl)c2ccsc2n1. The zero-order chi connectivity index (χ0) is 14.4. The fourth-order valence-corrected chi connectivity index (χ4v) is 4.94. The molecule has 0 fully saturated rings. The third-order valence-corrected chi connectivity index (χ3v) is 6.16. The quantitative estimate of drug-likeness (QED) is 0.644. The first-order chi connectivity index (χ1) is 10.2. The Morgan fingerprint density at radius 1 is 1.29 bits per heavy atom. The molecular weight excluding hydrogens is 322 g/mol. The summed E-state index contributed by atoms with van der Waals surface area (Å²) in [6, 6.07) is 4.64. The maximum atomic E-state index is 6.26. The summed E-state index contributed by atoms with van der Waals surface area (Å²) in [6.45, 7) is 4.07. The minimum Gasteiger partial charge on any atom is -0.289 e. The molecule has 0 aromatic carbocycles. The first-order valence-electron chi connectivity index (χ1n) is 6.92. The van der Waals surface area contributed by atoms with Gasteiger partial charge in [0.2, 0.25) is 0 Å². The molecular formula is C15H14ClN3S2. The fraction of sp³-hybridized carbons (Fsp3) is 0.333. The lowest BCUT2D eigenvalue weighted by Crippen LogP contribution is -2.33. The number of fused-ring (bicyclic) bond motifs is 2. The van der Waals surface area contributed by atoms with Gasteiger partial charge in [-0.2, -0.15) is 0 Å². The summed E-state index contributed by atoms with van der Waals surface area (Å²) < 4.78 is 0. The van der Waals surface area contributed by atoms with Crippen LogP contribution in [0.25, 0.3) is 10.2 Å². The lowest BCUT2D eigenvalue weighted by Gasteiger charge is -2.32. The molecule has 6 heteroatoms.